The van der Waals surface area contributed by atoms with Gasteiger partial charge in [-0.15, -0.1) is 0 Å². The van der Waals surface area contributed by atoms with Crippen molar-refractivity contribution in [2.45, 2.75) is 64.1 Å². The molecule has 0 bridgehead atoms. The first-order valence-electron chi connectivity index (χ1n) is 13.1. The maximum absolute atomic E-state index is 13.7. The van der Waals surface area contributed by atoms with Gasteiger partial charge in [0.15, 0.2) is 0 Å². The van der Waals surface area contributed by atoms with E-state index in [4.69, 9.17) is 4.74 Å². The predicted octanol–water partition coefficient (Wildman–Crippen LogP) is 6.22. The number of nitriles is 1. The topological polar surface area (TPSA) is 96.2 Å². The smallest absolute Gasteiger partial charge is 0.407 e. The summed E-state index contributed by atoms with van der Waals surface area (Å²) in [4.78, 5) is 25.8. The molecule has 1 aliphatic carbocycles. The van der Waals surface area contributed by atoms with Crippen LogP contribution in [0, 0.1) is 11.3 Å². The summed E-state index contributed by atoms with van der Waals surface area (Å²) in [6, 6.07) is 23.8. The van der Waals surface area contributed by atoms with Gasteiger partial charge in [-0.1, -0.05) is 42.5 Å². The Bertz CT molecular complexity index is 1540. The molecule has 2 amide bonds. The lowest BCUT2D eigenvalue weighted by Crippen LogP contribution is -2.45. The van der Waals surface area contributed by atoms with E-state index in [-0.39, 0.29) is 18.0 Å². The summed E-state index contributed by atoms with van der Waals surface area (Å²) < 4.78 is 7.34. The standard InChI is InChI=1S/C31H32N4O3/c1-31(2,3)38-30(37)34-24-15-13-23(14-16-24)33-29(36)28-18-22-12-11-20(19-32)17-27(22)35(28)26-10-6-8-21-7-4-5-9-25(21)26/h4-12,17-18,23-24H,13-16H2,1-3H3,(H,33,36)(H,34,37). The fraction of sp³-hybridized carbons (Fsp3) is 0.323. The van der Waals surface area contributed by atoms with Crippen LogP contribution in [0.5, 0.6) is 0 Å². The summed E-state index contributed by atoms with van der Waals surface area (Å²) in [7, 11) is 0. The number of alkyl carbamates (subject to hydrolysis) is 1. The van der Waals surface area contributed by atoms with Gasteiger partial charge in [0.25, 0.3) is 5.91 Å². The van der Waals surface area contributed by atoms with Gasteiger partial charge in [0, 0.05) is 22.9 Å². The van der Waals surface area contributed by atoms with Crippen LogP contribution in [-0.4, -0.2) is 34.3 Å². The number of nitrogens with one attached hydrogen (secondary N) is 2. The van der Waals surface area contributed by atoms with Crippen LogP contribution in [0.4, 0.5) is 4.79 Å². The van der Waals surface area contributed by atoms with E-state index in [0.29, 0.717) is 11.3 Å². The Morgan fingerprint density at radius 2 is 1.58 bits per heavy atom. The summed E-state index contributed by atoms with van der Waals surface area (Å²) in [6.07, 6.45) is 2.66. The van der Waals surface area contributed by atoms with Crippen molar-refractivity contribution in [1.29, 1.82) is 5.26 Å². The Morgan fingerprint density at radius 1 is 0.895 bits per heavy atom. The summed E-state index contributed by atoms with van der Waals surface area (Å²) in [6.45, 7) is 5.53. The van der Waals surface area contributed by atoms with E-state index in [2.05, 4.69) is 28.8 Å². The zero-order chi connectivity index (χ0) is 26.9. The van der Waals surface area contributed by atoms with Crippen LogP contribution in [0.3, 0.4) is 0 Å². The molecule has 0 atom stereocenters. The Kier molecular flexibility index (Phi) is 6.81. The molecule has 7 heteroatoms. The van der Waals surface area contributed by atoms with Crippen molar-refractivity contribution in [2.24, 2.45) is 0 Å². The molecule has 1 heterocycles. The van der Waals surface area contributed by atoms with E-state index in [9.17, 15) is 14.9 Å². The molecule has 0 unspecified atom stereocenters. The minimum absolute atomic E-state index is 0.00726. The molecular weight excluding hydrogens is 476 g/mol. The summed E-state index contributed by atoms with van der Waals surface area (Å²) in [5.74, 6) is -0.156. The number of hydrogen-bond donors (Lipinski definition) is 2. The minimum atomic E-state index is -0.536. The van der Waals surface area contributed by atoms with E-state index in [1.165, 1.54) is 0 Å². The number of amides is 2. The molecule has 38 heavy (non-hydrogen) atoms. The highest BCUT2D eigenvalue weighted by Crippen LogP contribution is 2.30. The molecule has 0 saturated heterocycles. The lowest BCUT2D eigenvalue weighted by molar-refractivity contribution is 0.0488. The summed E-state index contributed by atoms with van der Waals surface area (Å²) >= 11 is 0. The van der Waals surface area contributed by atoms with Crippen molar-refractivity contribution < 1.29 is 14.3 Å². The lowest BCUT2D eigenvalue weighted by Gasteiger charge is -2.30. The van der Waals surface area contributed by atoms with Gasteiger partial charge in [-0.2, -0.15) is 5.26 Å². The maximum atomic E-state index is 13.7. The molecule has 2 N–H and O–H groups in total. The molecular formula is C31H32N4O3. The van der Waals surface area contributed by atoms with Gasteiger partial charge in [0.2, 0.25) is 0 Å². The molecule has 7 nitrogen and oxygen atoms in total. The second kappa shape index (κ2) is 10.2. The Labute approximate surface area is 222 Å². The van der Waals surface area contributed by atoms with Gasteiger partial charge in [-0.3, -0.25) is 4.79 Å². The number of rotatable bonds is 4. The molecule has 1 fully saturated rings. The van der Waals surface area contributed by atoms with Crippen molar-refractivity contribution in [3.05, 3.63) is 78.0 Å². The third kappa shape index (κ3) is 5.35. The Balaban J connectivity index is 1.40. The molecule has 4 aromatic rings. The predicted molar refractivity (Wildman–Crippen MR) is 148 cm³/mol. The minimum Gasteiger partial charge on any atom is -0.444 e. The number of nitrogens with zero attached hydrogens (tertiary/aromatic N) is 2. The van der Waals surface area contributed by atoms with Gasteiger partial charge < -0.3 is 19.9 Å². The Hall–Kier alpha value is -4.31. The number of ether oxygens (including phenoxy) is 1. The van der Waals surface area contributed by atoms with E-state index >= 15 is 0 Å². The number of carbonyl (C=O) groups excluding carboxylic acids is 2. The highest BCUT2D eigenvalue weighted by atomic mass is 16.6. The van der Waals surface area contributed by atoms with Crippen molar-refractivity contribution >= 4 is 33.7 Å². The van der Waals surface area contributed by atoms with Gasteiger partial charge in [-0.05, 0) is 76.1 Å². The van der Waals surface area contributed by atoms with E-state index < -0.39 is 11.7 Å². The number of hydrogen-bond acceptors (Lipinski definition) is 4. The van der Waals surface area contributed by atoms with Gasteiger partial charge in [0.05, 0.1) is 22.8 Å². The monoisotopic (exact) mass is 508 g/mol. The van der Waals surface area contributed by atoms with Crippen LogP contribution < -0.4 is 10.6 Å². The van der Waals surface area contributed by atoms with Crippen LogP contribution >= 0.6 is 0 Å². The third-order valence-corrected chi connectivity index (χ3v) is 6.96. The van der Waals surface area contributed by atoms with Crippen molar-refractivity contribution in [3.8, 4) is 11.8 Å². The van der Waals surface area contributed by atoms with Gasteiger partial charge in [0.1, 0.15) is 11.3 Å². The molecule has 0 spiro atoms. The average Bonchev–Trinajstić information content (AvgIpc) is 3.27. The Morgan fingerprint density at radius 3 is 2.29 bits per heavy atom. The van der Waals surface area contributed by atoms with Crippen molar-refractivity contribution in [1.82, 2.24) is 15.2 Å². The summed E-state index contributed by atoms with van der Waals surface area (Å²) in [5, 5.41) is 18.7. The number of carbonyl (C=O) groups is 2. The SMILES string of the molecule is CC(C)(C)OC(=O)NC1CCC(NC(=O)c2cc3ccc(C#N)cc3n2-c2cccc3ccccc23)CC1. The number of aromatic nitrogens is 1. The van der Waals surface area contributed by atoms with E-state index in [1.807, 2.05) is 73.9 Å². The maximum Gasteiger partial charge on any atom is 0.407 e. The quantitative estimate of drug-likeness (QED) is 0.342. The fourth-order valence-corrected chi connectivity index (χ4v) is 5.22. The molecule has 1 saturated carbocycles. The molecule has 0 aliphatic heterocycles. The first kappa shape index (κ1) is 25.3. The first-order valence-corrected chi connectivity index (χ1v) is 13.1. The van der Waals surface area contributed by atoms with Crippen LogP contribution in [0.1, 0.15) is 62.5 Å². The first-order chi connectivity index (χ1) is 18.2. The van der Waals surface area contributed by atoms with Crippen molar-refractivity contribution in [3.63, 3.8) is 0 Å². The van der Waals surface area contributed by atoms with Crippen molar-refractivity contribution in [2.75, 3.05) is 0 Å². The molecule has 1 aromatic heterocycles. The second-order valence-corrected chi connectivity index (χ2v) is 10.9. The second-order valence-electron chi connectivity index (χ2n) is 10.9. The van der Waals surface area contributed by atoms with Crippen LogP contribution in [0.15, 0.2) is 66.7 Å². The normalized spacial score (nSPS) is 17.6. The summed E-state index contributed by atoms with van der Waals surface area (Å²) in [5.41, 5.74) is 2.24. The van der Waals surface area contributed by atoms with Crippen LogP contribution in [0.2, 0.25) is 0 Å². The molecule has 1 aliphatic rings. The van der Waals surface area contributed by atoms with Crippen LogP contribution in [0.25, 0.3) is 27.4 Å². The van der Waals surface area contributed by atoms with E-state index in [1.54, 1.807) is 6.07 Å². The molecule has 5 rings (SSSR count). The number of benzene rings is 3. The average molecular weight is 509 g/mol. The molecule has 0 radical (unpaired) electrons. The molecule has 3 aromatic carbocycles. The fourth-order valence-electron chi connectivity index (χ4n) is 5.22. The third-order valence-electron chi connectivity index (χ3n) is 6.96. The zero-order valence-corrected chi connectivity index (χ0v) is 22.0. The largest absolute Gasteiger partial charge is 0.444 e. The number of fused-ring (bicyclic) bond motifs is 2. The highest BCUT2D eigenvalue weighted by molar-refractivity contribution is 6.02. The van der Waals surface area contributed by atoms with Crippen LogP contribution in [-0.2, 0) is 4.74 Å². The van der Waals surface area contributed by atoms with E-state index in [0.717, 1.165) is 53.0 Å². The van der Waals surface area contributed by atoms with Gasteiger partial charge >= 0.3 is 6.09 Å². The highest BCUT2D eigenvalue weighted by Gasteiger charge is 2.27. The van der Waals surface area contributed by atoms with Gasteiger partial charge in [-0.25, -0.2) is 4.79 Å². The lowest BCUT2D eigenvalue weighted by atomic mass is 9.91. The molecule has 194 valence electrons. The zero-order valence-electron chi connectivity index (χ0n) is 22.0.